The van der Waals surface area contributed by atoms with Crippen LogP contribution in [0.1, 0.15) is 17.2 Å². The minimum Gasteiger partial charge on any atom is -0.339 e. The second-order valence-electron chi connectivity index (χ2n) is 8.32. The second-order valence-corrected chi connectivity index (χ2v) is 8.32. The average Bonchev–Trinajstić information content (AvgIpc) is 3.24. The van der Waals surface area contributed by atoms with Crippen LogP contribution in [0.4, 0.5) is 0 Å². The van der Waals surface area contributed by atoms with Gasteiger partial charge in [0.1, 0.15) is 18.3 Å². The van der Waals surface area contributed by atoms with E-state index < -0.39 is 0 Å². The normalized spacial score (nSPS) is 14.8. The average molecular weight is 443 g/mol. The van der Waals surface area contributed by atoms with Crippen LogP contribution < -0.4 is 5.56 Å². The Morgan fingerprint density at radius 2 is 1.55 bits per heavy atom. The smallest absolute Gasteiger partial charge is 0.264 e. The number of rotatable bonds is 5. The molecule has 0 aliphatic carbocycles. The number of nitrogens with zero attached hydrogens (tertiary/aromatic N) is 6. The molecule has 33 heavy (non-hydrogen) atoms. The van der Waals surface area contributed by atoms with E-state index in [1.54, 1.807) is 11.7 Å². The zero-order valence-corrected chi connectivity index (χ0v) is 18.5. The van der Waals surface area contributed by atoms with Crippen molar-refractivity contribution in [2.75, 3.05) is 26.2 Å². The van der Waals surface area contributed by atoms with Crippen molar-refractivity contribution in [3.8, 4) is 0 Å². The first kappa shape index (κ1) is 21.1. The molecule has 168 valence electrons. The number of fused-ring (bicyclic) bond motifs is 1. The van der Waals surface area contributed by atoms with E-state index in [4.69, 9.17) is 0 Å². The molecule has 1 saturated heterocycles. The number of amides is 1. The predicted molar refractivity (Wildman–Crippen MR) is 126 cm³/mol. The van der Waals surface area contributed by atoms with Crippen LogP contribution in [0.5, 0.6) is 0 Å². The summed E-state index contributed by atoms with van der Waals surface area (Å²) in [6.45, 7) is 2.74. The zero-order valence-electron chi connectivity index (χ0n) is 18.5. The van der Waals surface area contributed by atoms with Gasteiger partial charge in [-0.3, -0.25) is 23.7 Å². The molecular formula is C25H26N6O2. The Hall–Kier alpha value is -3.78. The van der Waals surface area contributed by atoms with Crippen molar-refractivity contribution < 1.29 is 4.79 Å². The van der Waals surface area contributed by atoms with E-state index >= 15 is 0 Å². The molecule has 1 aliphatic heterocycles. The molecule has 0 radical (unpaired) electrons. The molecule has 0 N–H and O–H groups in total. The fourth-order valence-electron chi connectivity index (χ4n) is 4.54. The van der Waals surface area contributed by atoms with Gasteiger partial charge in [0.05, 0.1) is 12.2 Å². The van der Waals surface area contributed by atoms with Crippen molar-refractivity contribution >= 4 is 16.9 Å². The summed E-state index contributed by atoms with van der Waals surface area (Å²) in [4.78, 5) is 34.2. The molecular weight excluding hydrogens is 416 g/mol. The lowest BCUT2D eigenvalue weighted by atomic mass is 9.96. The van der Waals surface area contributed by atoms with Crippen LogP contribution in [-0.4, -0.2) is 61.2 Å². The molecule has 8 nitrogen and oxygen atoms in total. The van der Waals surface area contributed by atoms with Gasteiger partial charge in [-0.1, -0.05) is 60.7 Å². The lowest BCUT2D eigenvalue weighted by Gasteiger charge is -2.39. The van der Waals surface area contributed by atoms with Crippen LogP contribution in [0.2, 0.25) is 0 Å². The third kappa shape index (κ3) is 4.17. The summed E-state index contributed by atoms with van der Waals surface area (Å²) in [5.41, 5.74) is 2.76. The van der Waals surface area contributed by atoms with Crippen LogP contribution in [0.15, 0.2) is 78.0 Å². The summed E-state index contributed by atoms with van der Waals surface area (Å²) >= 11 is 0. The fourth-order valence-corrected chi connectivity index (χ4v) is 4.54. The van der Waals surface area contributed by atoms with E-state index in [1.165, 1.54) is 28.2 Å². The van der Waals surface area contributed by atoms with E-state index in [1.807, 2.05) is 17.0 Å². The Bertz CT molecular complexity index is 1270. The summed E-state index contributed by atoms with van der Waals surface area (Å²) < 4.78 is 2.92. The first-order valence-corrected chi connectivity index (χ1v) is 11.1. The van der Waals surface area contributed by atoms with E-state index in [9.17, 15) is 9.59 Å². The first-order valence-electron chi connectivity index (χ1n) is 11.1. The highest BCUT2D eigenvalue weighted by atomic mass is 16.2. The summed E-state index contributed by atoms with van der Waals surface area (Å²) in [5, 5.41) is 4.50. The van der Waals surface area contributed by atoms with Crippen molar-refractivity contribution in [3.63, 3.8) is 0 Å². The summed E-state index contributed by atoms with van der Waals surface area (Å²) in [6.07, 6.45) is 2.93. The highest BCUT2D eigenvalue weighted by Crippen LogP contribution is 2.29. The van der Waals surface area contributed by atoms with E-state index in [0.29, 0.717) is 24.1 Å². The van der Waals surface area contributed by atoms with E-state index in [0.717, 1.165) is 13.1 Å². The lowest BCUT2D eigenvalue weighted by Crippen LogP contribution is -2.51. The van der Waals surface area contributed by atoms with Crippen LogP contribution in [-0.2, 0) is 18.4 Å². The molecule has 8 heteroatoms. The number of aromatic nitrogens is 4. The first-order chi connectivity index (χ1) is 16.1. The van der Waals surface area contributed by atoms with Gasteiger partial charge in [0.2, 0.25) is 5.91 Å². The van der Waals surface area contributed by atoms with Gasteiger partial charge >= 0.3 is 0 Å². The molecule has 0 unspecified atom stereocenters. The van der Waals surface area contributed by atoms with Crippen molar-refractivity contribution in [2.45, 2.75) is 12.6 Å². The maximum absolute atomic E-state index is 13.0. The topological polar surface area (TPSA) is 76.3 Å². The molecule has 0 bridgehead atoms. The van der Waals surface area contributed by atoms with Crippen molar-refractivity contribution in [3.05, 3.63) is 94.7 Å². The van der Waals surface area contributed by atoms with Crippen LogP contribution in [0, 0.1) is 0 Å². The largest absolute Gasteiger partial charge is 0.339 e. The highest BCUT2D eigenvalue weighted by Gasteiger charge is 2.28. The van der Waals surface area contributed by atoms with Crippen LogP contribution >= 0.6 is 0 Å². The maximum atomic E-state index is 13.0. The molecule has 5 rings (SSSR count). The molecule has 1 amide bonds. The molecule has 4 aromatic rings. The molecule has 2 aromatic heterocycles. The van der Waals surface area contributed by atoms with Crippen molar-refractivity contribution in [1.82, 2.24) is 29.1 Å². The number of hydrogen-bond acceptors (Lipinski definition) is 5. The molecule has 0 spiro atoms. The maximum Gasteiger partial charge on any atom is 0.264 e. The van der Waals surface area contributed by atoms with E-state index in [2.05, 4.69) is 63.5 Å². The van der Waals surface area contributed by atoms with Crippen LogP contribution in [0.3, 0.4) is 0 Å². The summed E-state index contributed by atoms with van der Waals surface area (Å²) in [7, 11) is 1.74. The number of piperazine rings is 1. The Kier molecular flexibility index (Phi) is 5.75. The molecule has 1 fully saturated rings. The Morgan fingerprint density at radius 1 is 0.939 bits per heavy atom. The molecule has 3 heterocycles. The molecule has 2 aromatic carbocycles. The van der Waals surface area contributed by atoms with Gasteiger partial charge in [0.15, 0.2) is 5.65 Å². The van der Waals surface area contributed by atoms with Gasteiger partial charge in [-0.2, -0.15) is 5.10 Å². The van der Waals surface area contributed by atoms with Crippen molar-refractivity contribution in [1.29, 1.82) is 0 Å². The minimum atomic E-state index is -0.242. The highest BCUT2D eigenvalue weighted by molar-refractivity contribution is 5.77. The van der Waals surface area contributed by atoms with Gasteiger partial charge in [0, 0.05) is 33.2 Å². The van der Waals surface area contributed by atoms with E-state index in [-0.39, 0.29) is 24.1 Å². The van der Waals surface area contributed by atoms with Crippen molar-refractivity contribution in [2.24, 2.45) is 7.05 Å². The third-order valence-corrected chi connectivity index (χ3v) is 6.29. The van der Waals surface area contributed by atoms with Gasteiger partial charge in [-0.05, 0) is 11.1 Å². The summed E-state index contributed by atoms with van der Waals surface area (Å²) in [6, 6.07) is 21.1. The Morgan fingerprint density at radius 3 is 2.15 bits per heavy atom. The monoisotopic (exact) mass is 442 g/mol. The number of aryl methyl sites for hydroxylation is 1. The SMILES string of the molecule is Cn1ncc2c(=O)n(CC(=O)N3CCN(C(c4ccccc4)c4ccccc4)CC3)cnc21. The van der Waals surface area contributed by atoms with Gasteiger partial charge < -0.3 is 4.90 Å². The second kappa shape index (κ2) is 8.99. The standard InChI is InChI=1S/C25H26N6O2/c1-28-24-21(16-27-28)25(33)31(18-26-24)17-22(32)29-12-14-30(15-13-29)23(19-8-4-2-5-9-19)20-10-6-3-7-11-20/h2-11,16,18,23H,12-15,17H2,1H3. The van der Waals surface area contributed by atoms with Crippen LogP contribution in [0.25, 0.3) is 11.0 Å². The van der Waals surface area contributed by atoms with Gasteiger partial charge in [0.25, 0.3) is 5.56 Å². The molecule has 0 saturated carbocycles. The quantitative estimate of drug-likeness (QED) is 0.473. The fraction of sp³-hybridized carbons (Fsp3) is 0.280. The van der Waals surface area contributed by atoms with Gasteiger partial charge in [-0.15, -0.1) is 0 Å². The number of hydrogen-bond donors (Lipinski definition) is 0. The molecule has 1 aliphatic rings. The Balaban J connectivity index is 1.29. The Labute approximate surface area is 191 Å². The number of carbonyl (C=O) groups is 1. The van der Waals surface area contributed by atoms with Gasteiger partial charge in [-0.25, -0.2) is 4.98 Å². The number of benzene rings is 2. The lowest BCUT2D eigenvalue weighted by molar-refractivity contribution is -0.133. The zero-order chi connectivity index (χ0) is 22.8. The molecule has 0 atom stereocenters. The third-order valence-electron chi connectivity index (χ3n) is 6.29. The minimum absolute atomic E-state index is 0.0164. The predicted octanol–water partition coefficient (Wildman–Crippen LogP) is 2.06. The number of carbonyl (C=O) groups excluding carboxylic acids is 1. The summed E-state index contributed by atoms with van der Waals surface area (Å²) in [5.74, 6) is -0.0715.